The SMILES string of the molecule is CC(C)(C)OC(=O)Nc1cc(Nc2cccc(C(=O)O)c2C(=O)O)cc(C(C)(C)C)c1. The molecule has 0 aromatic heterocycles. The zero-order chi connectivity index (χ0) is 23.6. The lowest BCUT2D eigenvalue weighted by molar-refractivity contribution is 0.0633. The predicted molar refractivity (Wildman–Crippen MR) is 119 cm³/mol. The van der Waals surface area contributed by atoms with Crippen LogP contribution in [0.15, 0.2) is 36.4 Å². The fourth-order valence-electron chi connectivity index (χ4n) is 2.85. The molecule has 0 atom stereocenters. The van der Waals surface area contributed by atoms with E-state index in [0.29, 0.717) is 11.4 Å². The standard InChI is InChI=1S/C23H28N2O6/c1-22(2,3)13-10-14(12-15(11-13)25-21(30)31-23(4,5)6)24-17-9-7-8-16(19(26)27)18(17)20(28)29/h7-12,24H,1-6H3,(H,25,30)(H,26,27)(H,28,29). The van der Waals surface area contributed by atoms with Crippen molar-refractivity contribution in [3.05, 3.63) is 53.1 Å². The molecule has 0 saturated heterocycles. The van der Waals surface area contributed by atoms with Gasteiger partial charge in [0.25, 0.3) is 0 Å². The number of benzene rings is 2. The minimum atomic E-state index is -1.36. The summed E-state index contributed by atoms with van der Waals surface area (Å²) in [5, 5.41) is 24.6. The highest BCUT2D eigenvalue weighted by Crippen LogP contribution is 2.32. The summed E-state index contributed by atoms with van der Waals surface area (Å²) in [4.78, 5) is 35.4. The van der Waals surface area contributed by atoms with Crippen LogP contribution in [-0.2, 0) is 10.2 Å². The molecule has 0 aliphatic rings. The van der Waals surface area contributed by atoms with Gasteiger partial charge in [0.1, 0.15) is 5.60 Å². The first kappa shape index (κ1) is 23.7. The Hall–Kier alpha value is -3.55. The van der Waals surface area contributed by atoms with Gasteiger partial charge in [-0.3, -0.25) is 5.32 Å². The lowest BCUT2D eigenvalue weighted by Crippen LogP contribution is -2.27. The first-order valence-corrected chi connectivity index (χ1v) is 9.69. The van der Waals surface area contributed by atoms with Crippen molar-refractivity contribution < 1.29 is 29.3 Å². The molecule has 0 aliphatic heterocycles. The quantitative estimate of drug-likeness (QED) is 0.497. The van der Waals surface area contributed by atoms with Gasteiger partial charge in [-0.05, 0) is 62.1 Å². The molecular weight excluding hydrogens is 400 g/mol. The second-order valence-corrected chi connectivity index (χ2v) is 9.14. The zero-order valence-electron chi connectivity index (χ0n) is 18.5. The Kier molecular flexibility index (Phi) is 6.64. The summed E-state index contributed by atoms with van der Waals surface area (Å²) in [5.74, 6) is -2.70. The molecule has 0 spiro atoms. The number of nitrogens with one attached hydrogen (secondary N) is 2. The van der Waals surface area contributed by atoms with Crippen LogP contribution >= 0.6 is 0 Å². The number of carboxylic acids is 2. The van der Waals surface area contributed by atoms with E-state index in [2.05, 4.69) is 10.6 Å². The van der Waals surface area contributed by atoms with E-state index in [1.165, 1.54) is 18.2 Å². The number of amides is 1. The van der Waals surface area contributed by atoms with Crippen molar-refractivity contribution in [2.75, 3.05) is 10.6 Å². The van der Waals surface area contributed by atoms with Crippen LogP contribution in [0.1, 0.15) is 67.8 Å². The summed E-state index contributed by atoms with van der Waals surface area (Å²) in [5.41, 5.74) is 0.325. The van der Waals surface area contributed by atoms with Gasteiger partial charge in [0.05, 0.1) is 16.8 Å². The summed E-state index contributed by atoms with van der Waals surface area (Å²) in [6.45, 7) is 11.3. The number of anilines is 3. The Morgan fingerprint density at radius 1 is 0.871 bits per heavy atom. The van der Waals surface area contributed by atoms with E-state index in [1.54, 1.807) is 32.9 Å². The van der Waals surface area contributed by atoms with E-state index in [4.69, 9.17) is 4.74 Å². The van der Waals surface area contributed by atoms with Gasteiger partial charge in [-0.1, -0.05) is 26.8 Å². The molecule has 0 bridgehead atoms. The monoisotopic (exact) mass is 428 g/mol. The first-order chi connectivity index (χ1) is 14.2. The summed E-state index contributed by atoms with van der Waals surface area (Å²) >= 11 is 0. The number of hydrogen-bond acceptors (Lipinski definition) is 5. The van der Waals surface area contributed by atoms with E-state index in [1.807, 2.05) is 26.8 Å². The van der Waals surface area contributed by atoms with Crippen LogP contribution < -0.4 is 10.6 Å². The van der Waals surface area contributed by atoms with E-state index in [9.17, 15) is 24.6 Å². The number of carbonyl (C=O) groups is 3. The number of carbonyl (C=O) groups excluding carboxylic acids is 1. The average molecular weight is 428 g/mol. The van der Waals surface area contributed by atoms with Crippen molar-refractivity contribution >= 4 is 35.1 Å². The van der Waals surface area contributed by atoms with Crippen molar-refractivity contribution in [3.8, 4) is 0 Å². The molecular formula is C23H28N2O6. The van der Waals surface area contributed by atoms with Crippen LogP contribution in [0, 0.1) is 0 Å². The van der Waals surface area contributed by atoms with Crippen molar-refractivity contribution in [3.63, 3.8) is 0 Å². The van der Waals surface area contributed by atoms with E-state index in [-0.39, 0.29) is 22.2 Å². The highest BCUT2D eigenvalue weighted by Gasteiger charge is 2.22. The van der Waals surface area contributed by atoms with Crippen molar-refractivity contribution in [2.45, 2.75) is 52.6 Å². The molecule has 2 rings (SSSR count). The molecule has 0 unspecified atom stereocenters. The molecule has 2 aromatic rings. The van der Waals surface area contributed by atoms with E-state index >= 15 is 0 Å². The van der Waals surface area contributed by atoms with Gasteiger partial charge >= 0.3 is 18.0 Å². The normalized spacial score (nSPS) is 11.5. The van der Waals surface area contributed by atoms with Crippen molar-refractivity contribution in [1.82, 2.24) is 0 Å². The summed E-state index contributed by atoms with van der Waals surface area (Å²) in [7, 11) is 0. The fourth-order valence-corrected chi connectivity index (χ4v) is 2.85. The molecule has 0 fully saturated rings. The minimum Gasteiger partial charge on any atom is -0.478 e. The first-order valence-electron chi connectivity index (χ1n) is 9.69. The van der Waals surface area contributed by atoms with Gasteiger partial charge in [-0.15, -0.1) is 0 Å². The second-order valence-electron chi connectivity index (χ2n) is 9.14. The Morgan fingerprint density at radius 3 is 2.00 bits per heavy atom. The lowest BCUT2D eigenvalue weighted by Gasteiger charge is -2.23. The smallest absolute Gasteiger partial charge is 0.412 e. The van der Waals surface area contributed by atoms with E-state index < -0.39 is 23.6 Å². The lowest BCUT2D eigenvalue weighted by atomic mass is 9.86. The van der Waals surface area contributed by atoms with Crippen LogP contribution in [-0.4, -0.2) is 33.8 Å². The maximum Gasteiger partial charge on any atom is 0.412 e. The van der Waals surface area contributed by atoms with Gasteiger partial charge < -0.3 is 20.3 Å². The average Bonchev–Trinajstić information content (AvgIpc) is 2.58. The largest absolute Gasteiger partial charge is 0.478 e. The Labute approximate surface area is 181 Å². The number of rotatable bonds is 5. The molecule has 0 radical (unpaired) electrons. The number of hydrogen-bond donors (Lipinski definition) is 4. The maximum absolute atomic E-state index is 12.2. The Balaban J connectivity index is 2.50. The second kappa shape index (κ2) is 8.67. The van der Waals surface area contributed by atoms with Crippen molar-refractivity contribution in [2.24, 2.45) is 0 Å². The third kappa shape index (κ3) is 6.47. The number of carboxylic acid groups (broad SMARTS) is 2. The van der Waals surface area contributed by atoms with Gasteiger partial charge in [0, 0.05) is 11.4 Å². The summed E-state index contributed by atoms with van der Waals surface area (Å²) in [6, 6.07) is 9.43. The zero-order valence-corrected chi connectivity index (χ0v) is 18.5. The Morgan fingerprint density at radius 2 is 1.48 bits per heavy atom. The molecule has 2 aromatic carbocycles. The molecule has 8 nitrogen and oxygen atoms in total. The molecule has 4 N–H and O–H groups in total. The van der Waals surface area contributed by atoms with Gasteiger partial charge in [-0.2, -0.15) is 0 Å². The minimum absolute atomic E-state index is 0.127. The highest BCUT2D eigenvalue weighted by molar-refractivity contribution is 6.06. The third-order valence-corrected chi connectivity index (χ3v) is 4.23. The molecule has 8 heteroatoms. The third-order valence-electron chi connectivity index (χ3n) is 4.23. The molecule has 0 saturated carbocycles. The van der Waals surface area contributed by atoms with Gasteiger partial charge in [0.2, 0.25) is 0 Å². The van der Waals surface area contributed by atoms with E-state index in [0.717, 1.165) is 5.56 Å². The molecule has 31 heavy (non-hydrogen) atoms. The van der Waals surface area contributed by atoms with Crippen LogP contribution in [0.2, 0.25) is 0 Å². The van der Waals surface area contributed by atoms with Crippen LogP contribution in [0.3, 0.4) is 0 Å². The van der Waals surface area contributed by atoms with Gasteiger partial charge in [-0.25, -0.2) is 14.4 Å². The van der Waals surface area contributed by atoms with Crippen LogP contribution in [0.25, 0.3) is 0 Å². The van der Waals surface area contributed by atoms with Gasteiger partial charge in [0.15, 0.2) is 0 Å². The highest BCUT2D eigenvalue weighted by atomic mass is 16.6. The van der Waals surface area contributed by atoms with Crippen LogP contribution in [0.5, 0.6) is 0 Å². The Bertz CT molecular complexity index is 1020. The summed E-state index contributed by atoms with van der Waals surface area (Å²) in [6.07, 6.45) is -0.622. The number of ether oxygens (including phenoxy) is 1. The number of aromatic carboxylic acids is 2. The predicted octanol–water partition coefficient (Wildman–Crippen LogP) is 5.47. The molecule has 0 heterocycles. The van der Waals surface area contributed by atoms with Crippen LogP contribution in [0.4, 0.5) is 21.9 Å². The maximum atomic E-state index is 12.2. The molecule has 166 valence electrons. The summed E-state index contributed by atoms with van der Waals surface area (Å²) < 4.78 is 5.30. The fraction of sp³-hybridized carbons (Fsp3) is 0.348. The topological polar surface area (TPSA) is 125 Å². The molecule has 1 amide bonds. The van der Waals surface area contributed by atoms with Crippen molar-refractivity contribution in [1.29, 1.82) is 0 Å². The molecule has 0 aliphatic carbocycles.